The summed E-state index contributed by atoms with van der Waals surface area (Å²) in [6.45, 7) is 1.75. The fourth-order valence-corrected chi connectivity index (χ4v) is 1.44. The van der Waals surface area contributed by atoms with E-state index in [0.717, 1.165) is 0 Å². The molecule has 0 amide bonds. The third-order valence-electron chi connectivity index (χ3n) is 1.91. The highest BCUT2D eigenvalue weighted by atomic mass is 35.5. The van der Waals surface area contributed by atoms with E-state index in [1.54, 1.807) is 25.9 Å². The van der Waals surface area contributed by atoms with Crippen molar-refractivity contribution in [3.05, 3.63) is 32.8 Å². The SMILES string of the molecule is Cc1cc([N+](=O)[O-])cc(N(C)C)c1Cl. The van der Waals surface area contributed by atoms with Crippen LogP contribution in [0.4, 0.5) is 11.4 Å². The Bertz CT molecular complexity index is 377. The molecule has 0 unspecified atom stereocenters. The first-order chi connectivity index (χ1) is 6.43. The third-order valence-corrected chi connectivity index (χ3v) is 2.40. The number of nitrogens with zero attached hydrogens (tertiary/aromatic N) is 2. The van der Waals surface area contributed by atoms with Gasteiger partial charge >= 0.3 is 0 Å². The molecular weight excluding hydrogens is 204 g/mol. The molecule has 0 aliphatic heterocycles. The Morgan fingerprint density at radius 1 is 1.43 bits per heavy atom. The molecule has 1 rings (SSSR count). The van der Waals surface area contributed by atoms with E-state index >= 15 is 0 Å². The maximum atomic E-state index is 10.6. The molecule has 0 radical (unpaired) electrons. The summed E-state index contributed by atoms with van der Waals surface area (Å²) in [6, 6.07) is 2.94. The van der Waals surface area contributed by atoms with E-state index in [9.17, 15) is 10.1 Å². The molecule has 14 heavy (non-hydrogen) atoms. The molecule has 0 bridgehead atoms. The number of halogens is 1. The highest BCUT2D eigenvalue weighted by Crippen LogP contribution is 2.32. The van der Waals surface area contributed by atoms with Crippen molar-refractivity contribution < 1.29 is 4.92 Å². The fourth-order valence-electron chi connectivity index (χ4n) is 1.16. The molecule has 0 heterocycles. The molecule has 0 atom stereocenters. The van der Waals surface area contributed by atoms with Gasteiger partial charge in [-0.15, -0.1) is 0 Å². The predicted octanol–water partition coefficient (Wildman–Crippen LogP) is 2.62. The molecule has 0 spiro atoms. The minimum Gasteiger partial charge on any atom is -0.376 e. The number of hydrogen-bond acceptors (Lipinski definition) is 3. The summed E-state index contributed by atoms with van der Waals surface area (Å²) in [6.07, 6.45) is 0. The van der Waals surface area contributed by atoms with Crippen LogP contribution < -0.4 is 4.90 Å². The summed E-state index contributed by atoms with van der Waals surface area (Å²) >= 11 is 6.00. The van der Waals surface area contributed by atoms with Gasteiger partial charge in [0.1, 0.15) is 0 Å². The van der Waals surface area contributed by atoms with Crippen LogP contribution >= 0.6 is 11.6 Å². The number of hydrogen-bond donors (Lipinski definition) is 0. The molecule has 1 aromatic carbocycles. The average Bonchev–Trinajstić information content (AvgIpc) is 2.08. The van der Waals surface area contributed by atoms with Crippen molar-refractivity contribution in [2.24, 2.45) is 0 Å². The lowest BCUT2D eigenvalue weighted by Gasteiger charge is -2.15. The second-order valence-electron chi connectivity index (χ2n) is 3.25. The quantitative estimate of drug-likeness (QED) is 0.562. The van der Waals surface area contributed by atoms with E-state index in [0.29, 0.717) is 16.3 Å². The highest BCUT2D eigenvalue weighted by Gasteiger charge is 2.13. The number of non-ortho nitro benzene ring substituents is 1. The zero-order valence-electron chi connectivity index (χ0n) is 8.24. The molecule has 0 fully saturated rings. The first kappa shape index (κ1) is 10.8. The maximum absolute atomic E-state index is 10.6. The largest absolute Gasteiger partial charge is 0.376 e. The van der Waals surface area contributed by atoms with E-state index in [1.165, 1.54) is 12.1 Å². The zero-order chi connectivity index (χ0) is 10.9. The Morgan fingerprint density at radius 3 is 2.43 bits per heavy atom. The van der Waals surface area contributed by atoms with Gasteiger partial charge in [0.25, 0.3) is 5.69 Å². The minimum absolute atomic E-state index is 0.0654. The van der Waals surface area contributed by atoms with Gasteiger partial charge in [0.2, 0.25) is 0 Å². The van der Waals surface area contributed by atoms with Gasteiger partial charge in [0.15, 0.2) is 0 Å². The van der Waals surface area contributed by atoms with Crippen molar-refractivity contribution in [1.82, 2.24) is 0 Å². The lowest BCUT2D eigenvalue weighted by molar-refractivity contribution is -0.384. The Kier molecular flexibility index (Phi) is 2.96. The zero-order valence-corrected chi connectivity index (χ0v) is 9.00. The van der Waals surface area contributed by atoms with Crippen LogP contribution in [0.2, 0.25) is 5.02 Å². The van der Waals surface area contributed by atoms with E-state index in [-0.39, 0.29) is 5.69 Å². The Hall–Kier alpha value is -1.29. The van der Waals surface area contributed by atoms with Crippen LogP contribution in [0.3, 0.4) is 0 Å². The van der Waals surface area contributed by atoms with Gasteiger partial charge in [0.05, 0.1) is 15.6 Å². The topological polar surface area (TPSA) is 46.4 Å². The van der Waals surface area contributed by atoms with Crippen LogP contribution in [0.1, 0.15) is 5.56 Å². The van der Waals surface area contributed by atoms with Crippen LogP contribution in [-0.2, 0) is 0 Å². The first-order valence-electron chi connectivity index (χ1n) is 4.05. The molecule has 0 aliphatic carbocycles. The summed E-state index contributed by atoms with van der Waals surface area (Å²) in [4.78, 5) is 11.9. The van der Waals surface area contributed by atoms with Gasteiger partial charge in [-0.05, 0) is 12.5 Å². The van der Waals surface area contributed by atoms with Crippen molar-refractivity contribution >= 4 is 23.0 Å². The van der Waals surface area contributed by atoms with Crippen LogP contribution in [0.5, 0.6) is 0 Å². The predicted molar refractivity (Wildman–Crippen MR) is 57.2 cm³/mol. The molecule has 0 aliphatic rings. The summed E-state index contributed by atoms with van der Waals surface area (Å²) in [5.74, 6) is 0. The maximum Gasteiger partial charge on any atom is 0.271 e. The Labute approximate surface area is 87.2 Å². The molecule has 1 aromatic rings. The van der Waals surface area contributed by atoms with Gasteiger partial charge in [-0.25, -0.2) is 0 Å². The van der Waals surface area contributed by atoms with Crippen LogP contribution in [0.25, 0.3) is 0 Å². The molecule has 4 nitrogen and oxygen atoms in total. The molecule has 0 saturated heterocycles. The summed E-state index contributed by atoms with van der Waals surface area (Å²) in [7, 11) is 3.59. The second kappa shape index (κ2) is 3.84. The first-order valence-corrected chi connectivity index (χ1v) is 4.43. The van der Waals surface area contributed by atoms with Crippen molar-refractivity contribution in [3.8, 4) is 0 Å². The van der Waals surface area contributed by atoms with Crippen LogP contribution in [-0.4, -0.2) is 19.0 Å². The monoisotopic (exact) mass is 214 g/mol. The molecule has 0 saturated carbocycles. The second-order valence-corrected chi connectivity index (χ2v) is 3.63. The third kappa shape index (κ3) is 1.96. The number of nitro groups is 1. The summed E-state index contributed by atoms with van der Waals surface area (Å²) in [5.41, 5.74) is 1.44. The lowest BCUT2D eigenvalue weighted by Crippen LogP contribution is -2.10. The highest BCUT2D eigenvalue weighted by molar-refractivity contribution is 6.34. The normalized spacial score (nSPS) is 10.0. The number of rotatable bonds is 2. The van der Waals surface area contributed by atoms with Crippen molar-refractivity contribution in [3.63, 3.8) is 0 Å². The lowest BCUT2D eigenvalue weighted by atomic mass is 10.2. The van der Waals surface area contributed by atoms with Crippen LogP contribution in [0, 0.1) is 17.0 Å². The fraction of sp³-hybridized carbons (Fsp3) is 0.333. The Morgan fingerprint density at radius 2 is 2.00 bits per heavy atom. The molecular formula is C9H11ClN2O2. The van der Waals surface area contributed by atoms with Gasteiger partial charge in [-0.1, -0.05) is 11.6 Å². The Balaban J connectivity index is 3.35. The van der Waals surface area contributed by atoms with Gasteiger partial charge in [-0.3, -0.25) is 10.1 Å². The standard InChI is InChI=1S/C9H11ClN2O2/c1-6-4-7(12(13)14)5-8(9(6)10)11(2)3/h4-5H,1-3H3. The van der Waals surface area contributed by atoms with E-state index in [4.69, 9.17) is 11.6 Å². The number of benzene rings is 1. The van der Waals surface area contributed by atoms with Crippen molar-refractivity contribution in [2.75, 3.05) is 19.0 Å². The summed E-state index contributed by atoms with van der Waals surface area (Å²) in [5, 5.41) is 11.1. The van der Waals surface area contributed by atoms with Crippen molar-refractivity contribution in [1.29, 1.82) is 0 Å². The van der Waals surface area contributed by atoms with Crippen LogP contribution in [0.15, 0.2) is 12.1 Å². The number of aryl methyl sites for hydroxylation is 1. The molecule has 5 heteroatoms. The average molecular weight is 215 g/mol. The molecule has 76 valence electrons. The van der Waals surface area contributed by atoms with Gasteiger partial charge in [0, 0.05) is 26.2 Å². The van der Waals surface area contributed by atoms with Gasteiger partial charge < -0.3 is 4.90 Å². The summed E-state index contributed by atoms with van der Waals surface area (Å²) < 4.78 is 0. The molecule has 0 N–H and O–H groups in total. The number of anilines is 1. The van der Waals surface area contributed by atoms with E-state index in [2.05, 4.69) is 0 Å². The van der Waals surface area contributed by atoms with E-state index in [1.807, 2.05) is 0 Å². The van der Waals surface area contributed by atoms with E-state index < -0.39 is 4.92 Å². The van der Waals surface area contributed by atoms with Gasteiger partial charge in [-0.2, -0.15) is 0 Å². The smallest absolute Gasteiger partial charge is 0.271 e. The van der Waals surface area contributed by atoms with Crippen molar-refractivity contribution in [2.45, 2.75) is 6.92 Å². The molecule has 0 aromatic heterocycles. The minimum atomic E-state index is -0.420. The number of nitro benzene ring substituents is 1.